The molecule has 2 aliphatic heterocycles. The molecule has 1 spiro atoms. The van der Waals surface area contributed by atoms with Crippen LogP contribution in [0.4, 0.5) is 11.8 Å². The van der Waals surface area contributed by atoms with Crippen molar-refractivity contribution >= 4 is 28.7 Å². The molecule has 2 aromatic rings. The molecule has 2 aromatic heterocycles. The molecule has 4 heterocycles. The van der Waals surface area contributed by atoms with Crippen LogP contribution < -0.4 is 10.6 Å². The molecular weight excluding hydrogens is 330 g/mol. The van der Waals surface area contributed by atoms with E-state index >= 15 is 0 Å². The second-order valence-corrected chi connectivity index (χ2v) is 8.14. The number of nitrogen functional groups attached to an aromatic ring is 1. The lowest BCUT2D eigenvalue weighted by atomic mass is 9.77. The van der Waals surface area contributed by atoms with Gasteiger partial charge in [-0.15, -0.1) is 0 Å². The summed E-state index contributed by atoms with van der Waals surface area (Å²) in [6, 6.07) is 0. The van der Waals surface area contributed by atoms with Crippen molar-refractivity contribution in [2.45, 2.75) is 38.5 Å². The van der Waals surface area contributed by atoms with Gasteiger partial charge in [0.2, 0.25) is 11.9 Å². The molecule has 0 radical (unpaired) electrons. The van der Waals surface area contributed by atoms with Crippen LogP contribution in [0.2, 0.25) is 0 Å². The Balaban J connectivity index is 1.40. The van der Waals surface area contributed by atoms with Gasteiger partial charge in [-0.3, -0.25) is 9.89 Å². The molecule has 5 rings (SSSR count). The van der Waals surface area contributed by atoms with Gasteiger partial charge in [0.25, 0.3) is 0 Å². The number of aromatic nitrogens is 4. The number of rotatable bonds is 3. The maximum absolute atomic E-state index is 13.3. The van der Waals surface area contributed by atoms with Gasteiger partial charge in [-0.05, 0) is 38.0 Å². The summed E-state index contributed by atoms with van der Waals surface area (Å²) in [6.45, 7) is 3.40. The Kier molecular flexibility index (Phi) is 3.55. The molecule has 0 aromatic carbocycles. The van der Waals surface area contributed by atoms with Crippen LogP contribution in [0.3, 0.4) is 0 Å². The Labute approximate surface area is 152 Å². The van der Waals surface area contributed by atoms with E-state index < -0.39 is 0 Å². The van der Waals surface area contributed by atoms with Crippen molar-refractivity contribution in [1.29, 1.82) is 0 Å². The Morgan fingerprint density at radius 2 is 2.12 bits per heavy atom. The summed E-state index contributed by atoms with van der Waals surface area (Å²) < 4.78 is 0. The first-order chi connectivity index (χ1) is 12.6. The summed E-state index contributed by atoms with van der Waals surface area (Å²) in [7, 11) is 0. The monoisotopic (exact) mass is 355 g/mol. The van der Waals surface area contributed by atoms with Gasteiger partial charge in [0.1, 0.15) is 5.82 Å². The van der Waals surface area contributed by atoms with Crippen molar-refractivity contribution in [1.82, 2.24) is 25.1 Å². The van der Waals surface area contributed by atoms with E-state index in [1.165, 1.54) is 19.3 Å². The SMILES string of the molecule is Nc1nc(N2CC[C@@]3(CCCN(CC4CCC4)C3=O)C2)c2cn[nH]c2n1. The van der Waals surface area contributed by atoms with Gasteiger partial charge in [-0.1, -0.05) is 6.42 Å². The number of likely N-dealkylation sites (tertiary alicyclic amines) is 1. The number of carbonyl (C=O) groups excluding carboxylic acids is 1. The Hall–Kier alpha value is -2.38. The Bertz CT molecular complexity index is 845. The fourth-order valence-electron chi connectivity index (χ4n) is 4.82. The average molecular weight is 355 g/mol. The number of hydrogen-bond acceptors (Lipinski definition) is 6. The summed E-state index contributed by atoms with van der Waals surface area (Å²) in [5.41, 5.74) is 6.26. The van der Waals surface area contributed by atoms with E-state index in [0.29, 0.717) is 18.1 Å². The van der Waals surface area contributed by atoms with E-state index in [9.17, 15) is 4.79 Å². The number of amides is 1. The van der Waals surface area contributed by atoms with Gasteiger partial charge < -0.3 is 15.5 Å². The number of carbonyl (C=O) groups is 1. The highest BCUT2D eigenvalue weighted by Crippen LogP contribution is 2.43. The van der Waals surface area contributed by atoms with Crippen molar-refractivity contribution in [3.05, 3.63) is 6.20 Å². The van der Waals surface area contributed by atoms with E-state index in [-0.39, 0.29) is 11.4 Å². The smallest absolute Gasteiger partial charge is 0.230 e. The molecule has 8 heteroatoms. The number of nitrogens with zero attached hydrogens (tertiary/aromatic N) is 5. The summed E-state index contributed by atoms with van der Waals surface area (Å²) in [5.74, 6) is 2.10. The van der Waals surface area contributed by atoms with Gasteiger partial charge in [-0.2, -0.15) is 15.1 Å². The highest BCUT2D eigenvalue weighted by atomic mass is 16.2. The zero-order valence-electron chi connectivity index (χ0n) is 14.9. The lowest BCUT2D eigenvalue weighted by molar-refractivity contribution is -0.146. The fraction of sp³-hybridized carbons (Fsp3) is 0.667. The van der Waals surface area contributed by atoms with E-state index in [4.69, 9.17) is 5.73 Å². The molecule has 138 valence electrons. The van der Waals surface area contributed by atoms with E-state index in [1.807, 2.05) is 0 Å². The van der Waals surface area contributed by atoms with Gasteiger partial charge in [0, 0.05) is 26.2 Å². The second-order valence-electron chi connectivity index (χ2n) is 8.14. The zero-order chi connectivity index (χ0) is 17.7. The third-order valence-corrected chi connectivity index (χ3v) is 6.49. The quantitative estimate of drug-likeness (QED) is 0.866. The summed E-state index contributed by atoms with van der Waals surface area (Å²) in [4.78, 5) is 26.3. The number of H-pyrrole nitrogens is 1. The normalized spacial score (nSPS) is 26.8. The first kappa shape index (κ1) is 15.8. The molecule has 1 atom stereocenters. The van der Waals surface area contributed by atoms with Crippen LogP contribution >= 0.6 is 0 Å². The third-order valence-electron chi connectivity index (χ3n) is 6.49. The molecule has 0 unspecified atom stereocenters. The van der Waals surface area contributed by atoms with E-state index in [2.05, 4.69) is 30.0 Å². The number of nitrogens with two attached hydrogens (primary N) is 1. The lowest BCUT2D eigenvalue weighted by Gasteiger charge is -2.42. The molecule has 1 aliphatic carbocycles. The molecule has 26 heavy (non-hydrogen) atoms. The van der Waals surface area contributed by atoms with Gasteiger partial charge >= 0.3 is 0 Å². The second kappa shape index (κ2) is 5.82. The Morgan fingerprint density at radius 1 is 1.23 bits per heavy atom. The summed E-state index contributed by atoms with van der Waals surface area (Å²) in [5, 5.41) is 7.80. The largest absolute Gasteiger partial charge is 0.368 e. The van der Waals surface area contributed by atoms with Crippen molar-refractivity contribution in [3.8, 4) is 0 Å². The Morgan fingerprint density at radius 3 is 2.92 bits per heavy atom. The van der Waals surface area contributed by atoms with Crippen LogP contribution in [0.15, 0.2) is 6.20 Å². The molecule has 3 fully saturated rings. The molecular formula is C18H25N7O. The number of aromatic amines is 1. The molecule has 1 saturated carbocycles. The minimum atomic E-state index is -0.266. The van der Waals surface area contributed by atoms with E-state index in [0.717, 1.165) is 56.0 Å². The standard InChI is InChI=1S/C18H25N7O/c19-17-21-14-13(9-20-23-14)15(22-17)25-8-6-18(11-25)5-2-7-24(16(18)26)10-12-3-1-4-12/h9,12H,1-8,10-11H2,(H3,19,20,21,22,23)/t18-/m0/s1. The minimum absolute atomic E-state index is 0.235. The predicted molar refractivity (Wildman–Crippen MR) is 98.5 cm³/mol. The van der Waals surface area contributed by atoms with Gasteiger partial charge in [0.05, 0.1) is 17.0 Å². The fourth-order valence-corrected chi connectivity index (χ4v) is 4.82. The molecule has 3 N–H and O–H groups in total. The first-order valence-corrected chi connectivity index (χ1v) is 9.66. The minimum Gasteiger partial charge on any atom is -0.368 e. The van der Waals surface area contributed by atoms with Crippen LogP contribution in [0.5, 0.6) is 0 Å². The number of nitrogens with one attached hydrogen (secondary N) is 1. The van der Waals surface area contributed by atoms with Crippen molar-refractivity contribution in [2.75, 3.05) is 36.8 Å². The van der Waals surface area contributed by atoms with Crippen LogP contribution in [0.1, 0.15) is 38.5 Å². The maximum Gasteiger partial charge on any atom is 0.230 e. The van der Waals surface area contributed by atoms with Crippen molar-refractivity contribution in [3.63, 3.8) is 0 Å². The van der Waals surface area contributed by atoms with Crippen molar-refractivity contribution < 1.29 is 4.79 Å². The molecule has 1 amide bonds. The zero-order valence-corrected chi connectivity index (χ0v) is 14.9. The molecule has 0 bridgehead atoms. The number of anilines is 2. The third kappa shape index (κ3) is 2.42. The van der Waals surface area contributed by atoms with E-state index in [1.54, 1.807) is 6.20 Å². The number of hydrogen-bond donors (Lipinski definition) is 2. The van der Waals surface area contributed by atoms with Crippen LogP contribution in [-0.2, 0) is 4.79 Å². The van der Waals surface area contributed by atoms with Crippen molar-refractivity contribution in [2.24, 2.45) is 11.3 Å². The summed E-state index contributed by atoms with van der Waals surface area (Å²) in [6.07, 6.45) is 8.57. The summed E-state index contributed by atoms with van der Waals surface area (Å²) >= 11 is 0. The lowest BCUT2D eigenvalue weighted by Crippen LogP contribution is -2.51. The highest BCUT2D eigenvalue weighted by Gasteiger charge is 2.49. The highest BCUT2D eigenvalue weighted by molar-refractivity contribution is 5.89. The van der Waals surface area contributed by atoms with Crippen LogP contribution in [-0.4, -0.2) is 57.2 Å². The van der Waals surface area contributed by atoms with Gasteiger partial charge in [0.15, 0.2) is 5.65 Å². The average Bonchev–Trinajstić information content (AvgIpc) is 3.21. The molecule has 3 aliphatic rings. The molecule has 2 saturated heterocycles. The van der Waals surface area contributed by atoms with Crippen LogP contribution in [0.25, 0.3) is 11.0 Å². The topological polar surface area (TPSA) is 104 Å². The molecule has 8 nitrogen and oxygen atoms in total. The maximum atomic E-state index is 13.3. The number of piperidine rings is 1. The predicted octanol–water partition coefficient (Wildman–Crippen LogP) is 1.55. The van der Waals surface area contributed by atoms with Gasteiger partial charge in [-0.25, -0.2) is 0 Å². The number of fused-ring (bicyclic) bond motifs is 1. The first-order valence-electron chi connectivity index (χ1n) is 9.66. The van der Waals surface area contributed by atoms with Crippen LogP contribution in [0, 0.1) is 11.3 Å².